The summed E-state index contributed by atoms with van der Waals surface area (Å²) in [5.41, 5.74) is 3.04. The number of benzene rings is 1. The highest BCUT2D eigenvalue weighted by atomic mass is 32.2. The average Bonchev–Trinajstić information content (AvgIpc) is 3.01. The molecule has 21 heavy (non-hydrogen) atoms. The standard InChI is InChI=1S/C15H22N2O3S/c1-11-5-6-14(13-4-3-8-16-15(11)13)21(18,19)17(2)12-7-9-20-10-12/h5-6,12,16H,3-4,7-10H2,1-2H3. The molecule has 1 atom stereocenters. The van der Waals surface area contributed by atoms with Gasteiger partial charge >= 0.3 is 0 Å². The molecule has 1 N–H and O–H groups in total. The summed E-state index contributed by atoms with van der Waals surface area (Å²) in [4.78, 5) is 0.449. The van der Waals surface area contributed by atoms with Crippen molar-refractivity contribution < 1.29 is 13.2 Å². The zero-order valence-corrected chi connectivity index (χ0v) is 13.4. The van der Waals surface area contributed by atoms with Crippen LogP contribution in [0, 0.1) is 6.92 Å². The first-order valence-corrected chi connectivity index (χ1v) is 8.88. The summed E-state index contributed by atoms with van der Waals surface area (Å²) in [6.45, 7) is 4.05. The van der Waals surface area contributed by atoms with E-state index in [0.29, 0.717) is 18.1 Å². The summed E-state index contributed by atoms with van der Waals surface area (Å²) in [6.07, 6.45) is 2.55. The Morgan fingerprint density at radius 2 is 2.19 bits per heavy atom. The van der Waals surface area contributed by atoms with Crippen LogP contribution in [0.4, 0.5) is 5.69 Å². The Balaban J connectivity index is 2.03. The molecule has 0 aromatic heterocycles. The molecule has 6 heteroatoms. The van der Waals surface area contributed by atoms with Gasteiger partial charge in [0, 0.05) is 25.9 Å². The Labute approximate surface area is 126 Å². The summed E-state index contributed by atoms with van der Waals surface area (Å²) < 4.78 is 32.7. The predicted molar refractivity (Wildman–Crippen MR) is 82.2 cm³/mol. The van der Waals surface area contributed by atoms with Gasteiger partial charge < -0.3 is 10.1 Å². The van der Waals surface area contributed by atoms with Gasteiger partial charge in [0.2, 0.25) is 10.0 Å². The van der Waals surface area contributed by atoms with Crippen molar-refractivity contribution in [3.05, 3.63) is 23.3 Å². The summed E-state index contributed by atoms with van der Waals surface area (Å²) in [7, 11) is -1.80. The highest BCUT2D eigenvalue weighted by Crippen LogP contribution is 2.33. The molecule has 116 valence electrons. The zero-order valence-electron chi connectivity index (χ0n) is 12.6. The number of rotatable bonds is 3. The van der Waals surface area contributed by atoms with Gasteiger partial charge in [0.1, 0.15) is 0 Å². The Kier molecular flexibility index (Phi) is 3.94. The molecule has 0 saturated carbocycles. The second-order valence-corrected chi connectivity index (χ2v) is 7.77. The van der Waals surface area contributed by atoms with Crippen molar-refractivity contribution in [2.45, 2.75) is 37.1 Å². The molecule has 2 heterocycles. The number of hydrogen-bond acceptors (Lipinski definition) is 4. The highest BCUT2D eigenvalue weighted by molar-refractivity contribution is 7.89. The van der Waals surface area contributed by atoms with Gasteiger partial charge in [-0.25, -0.2) is 8.42 Å². The number of anilines is 1. The number of ether oxygens (including phenoxy) is 1. The van der Waals surface area contributed by atoms with Crippen LogP contribution in [-0.2, 0) is 21.2 Å². The van der Waals surface area contributed by atoms with E-state index in [-0.39, 0.29) is 6.04 Å². The molecule has 2 aliphatic rings. The Morgan fingerprint density at radius 3 is 2.90 bits per heavy atom. The molecule has 0 aliphatic carbocycles. The number of likely N-dealkylation sites (N-methyl/N-ethyl adjacent to an activating group) is 1. The van der Waals surface area contributed by atoms with Gasteiger partial charge in [-0.15, -0.1) is 0 Å². The van der Waals surface area contributed by atoms with Crippen LogP contribution in [0.3, 0.4) is 0 Å². The molecule has 0 spiro atoms. The highest BCUT2D eigenvalue weighted by Gasteiger charge is 2.33. The molecule has 1 aromatic rings. The third-order valence-electron chi connectivity index (χ3n) is 4.46. The smallest absolute Gasteiger partial charge is 0.243 e. The zero-order chi connectivity index (χ0) is 15.0. The normalized spacial score (nSPS) is 22.1. The minimum absolute atomic E-state index is 0.0523. The van der Waals surface area contributed by atoms with E-state index in [4.69, 9.17) is 4.74 Å². The molecule has 3 rings (SSSR count). The second-order valence-electron chi connectivity index (χ2n) is 5.80. The summed E-state index contributed by atoms with van der Waals surface area (Å²) >= 11 is 0. The SMILES string of the molecule is Cc1ccc(S(=O)(=O)N(C)C2CCOC2)c2c1NCCC2. The summed E-state index contributed by atoms with van der Waals surface area (Å²) in [5.74, 6) is 0. The van der Waals surface area contributed by atoms with Gasteiger partial charge in [0.25, 0.3) is 0 Å². The van der Waals surface area contributed by atoms with E-state index >= 15 is 0 Å². The van der Waals surface area contributed by atoms with E-state index in [1.165, 1.54) is 4.31 Å². The molecule has 1 aromatic carbocycles. The first-order valence-electron chi connectivity index (χ1n) is 7.44. The van der Waals surface area contributed by atoms with Crippen LogP contribution in [0.2, 0.25) is 0 Å². The molecule has 0 amide bonds. The van der Waals surface area contributed by atoms with Crippen LogP contribution in [0.5, 0.6) is 0 Å². The monoisotopic (exact) mass is 310 g/mol. The van der Waals surface area contributed by atoms with Crippen molar-refractivity contribution in [3.8, 4) is 0 Å². The van der Waals surface area contributed by atoms with Gasteiger partial charge in [0.05, 0.1) is 17.5 Å². The maximum Gasteiger partial charge on any atom is 0.243 e. The summed E-state index contributed by atoms with van der Waals surface area (Å²) in [5, 5.41) is 3.34. The predicted octanol–water partition coefficient (Wildman–Crippen LogP) is 1.76. The number of sulfonamides is 1. The van der Waals surface area contributed by atoms with Crippen LogP contribution >= 0.6 is 0 Å². The molecular formula is C15H22N2O3S. The van der Waals surface area contributed by atoms with Gasteiger partial charge in [0.15, 0.2) is 0 Å². The van der Waals surface area contributed by atoms with E-state index in [0.717, 1.165) is 42.6 Å². The molecule has 1 saturated heterocycles. The van der Waals surface area contributed by atoms with Gasteiger partial charge in [-0.05, 0) is 43.4 Å². The van der Waals surface area contributed by atoms with Crippen molar-refractivity contribution in [1.82, 2.24) is 4.31 Å². The molecule has 1 unspecified atom stereocenters. The quantitative estimate of drug-likeness (QED) is 0.924. The molecule has 5 nitrogen and oxygen atoms in total. The fraction of sp³-hybridized carbons (Fsp3) is 0.600. The third kappa shape index (κ3) is 2.56. The lowest BCUT2D eigenvalue weighted by Crippen LogP contribution is -2.38. The average molecular weight is 310 g/mol. The van der Waals surface area contributed by atoms with E-state index < -0.39 is 10.0 Å². The van der Waals surface area contributed by atoms with Crippen molar-refractivity contribution in [3.63, 3.8) is 0 Å². The first-order chi connectivity index (χ1) is 10.0. The lowest BCUT2D eigenvalue weighted by atomic mass is 10.00. The van der Waals surface area contributed by atoms with Crippen molar-refractivity contribution >= 4 is 15.7 Å². The lowest BCUT2D eigenvalue weighted by Gasteiger charge is -2.27. The number of nitrogens with one attached hydrogen (secondary N) is 1. The van der Waals surface area contributed by atoms with Crippen LogP contribution in [0.25, 0.3) is 0 Å². The molecule has 2 aliphatic heterocycles. The van der Waals surface area contributed by atoms with Gasteiger partial charge in [-0.2, -0.15) is 4.31 Å². The lowest BCUT2D eigenvalue weighted by molar-refractivity contribution is 0.181. The van der Waals surface area contributed by atoms with E-state index in [2.05, 4.69) is 5.32 Å². The Bertz CT molecular complexity index is 637. The van der Waals surface area contributed by atoms with Crippen LogP contribution in [0.15, 0.2) is 17.0 Å². The third-order valence-corrected chi connectivity index (χ3v) is 6.46. The summed E-state index contributed by atoms with van der Waals surface area (Å²) in [6, 6.07) is 3.59. The molecule has 1 fully saturated rings. The van der Waals surface area contributed by atoms with E-state index in [9.17, 15) is 8.42 Å². The Hall–Kier alpha value is -1.11. The van der Waals surface area contributed by atoms with Crippen LogP contribution < -0.4 is 5.32 Å². The molecular weight excluding hydrogens is 288 g/mol. The van der Waals surface area contributed by atoms with Crippen molar-refractivity contribution in [1.29, 1.82) is 0 Å². The number of hydrogen-bond donors (Lipinski definition) is 1. The fourth-order valence-corrected chi connectivity index (χ4v) is 4.75. The first kappa shape index (κ1) is 14.8. The number of nitrogens with zero attached hydrogens (tertiary/aromatic N) is 1. The minimum Gasteiger partial charge on any atom is -0.385 e. The molecule has 0 bridgehead atoms. The van der Waals surface area contributed by atoms with Crippen LogP contribution in [-0.4, -0.2) is 45.6 Å². The van der Waals surface area contributed by atoms with Crippen LogP contribution in [0.1, 0.15) is 24.0 Å². The number of aryl methyl sites for hydroxylation is 1. The minimum atomic E-state index is -3.47. The maximum absolute atomic E-state index is 12.9. The Morgan fingerprint density at radius 1 is 1.38 bits per heavy atom. The fourth-order valence-electron chi connectivity index (χ4n) is 3.12. The maximum atomic E-state index is 12.9. The molecule has 0 radical (unpaired) electrons. The topological polar surface area (TPSA) is 58.6 Å². The van der Waals surface area contributed by atoms with Crippen molar-refractivity contribution in [2.75, 3.05) is 32.1 Å². The van der Waals surface area contributed by atoms with E-state index in [1.54, 1.807) is 13.1 Å². The number of fused-ring (bicyclic) bond motifs is 1. The second kappa shape index (κ2) is 5.59. The van der Waals surface area contributed by atoms with Gasteiger partial charge in [-0.1, -0.05) is 6.07 Å². The largest absolute Gasteiger partial charge is 0.385 e. The van der Waals surface area contributed by atoms with Crippen molar-refractivity contribution in [2.24, 2.45) is 0 Å². The van der Waals surface area contributed by atoms with E-state index in [1.807, 2.05) is 13.0 Å². The van der Waals surface area contributed by atoms with Gasteiger partial charge in [-0.3, -0.25) is 0 Å².